The van der Waals surface area contributed by atoms with Gasteiger partial charge in [0.15, 0.2) is 11.3 Å². The summed E-state index contributed by atoms with van der Waals surface area (Å²) in [5, 5.41) is 13.0. The lowest BCUT2D eigenvalue weighted by atomic mass is 10.1. The number of nitrogens with zero attached hydrogens (tertiary/aromatic N) is 1. The van der Waals surface area contributed by atoms with E-state index < -0.39 is 5.97 Å². The minimum atomic E-state index is -1.18. The van der Waals surface area contributed by atoms with E-state index in [9.17, 15) is 4.79 Å². The van der Waals surface area contributed by atoms with E-state index in [1.807, 2.05) is 0 Å². The van der Waals surface area contributed by atoms with Crippen LogP contribution in [0.4, 0.5) is 0 Å². The first-order chi connectivity index (χ1) is 8.15. The highest BCUT2D eigenvalue weighted by molar-refractivity contribution is 6.33. The van der Waals surface area contributed by atoms with Crippen LogP contribution < -0.4 is 4.74 Å². The van der Waals surface area contributed by atoms with Crippen molar-refractivity contribution in [1.29, 1.82) is 0 Å². The van der Waals surface area contributed by atoms with Crippen LogP contribution >= 0.6 is 11.6 Å². The van der Waals surface area contributed by atoms with E-state index in [1.54, 1.807) is 24.3 Å². The first-order valence-electron chi connectivity index (χ1n) is 4.67. The Morgan fingerprint density at radius 1 is 1.47 bits per heavy atom. The number of carbonyl (C=O) groups is 1. The van der Waals surface area contributed by atoms with Crippen LogP contribution in [0.1, 0.15) is 10.4 Å². The van der Waals surface area contributed by atoms with Gasteiger partial charge < -0.3 is 14.4 Å². The Bertz CT molecular complexity index is 564. The second kappa shape index (κ2) is 4.47. The van der Waals surface area contributed by atoms with Crippen molar-refractivity contribution in [3.63, 3.8) is 0 Å². The maximum absolute atomic E-state index is 11.1. The summed E-state index contributed by atoms with van der Waals surface area (Å²) in [4.78, 5) is 11.1. The van der Waals surface area contributed by atoms with Crippen molar-refractivity contribution < 1.29 is 19.2 Å². The molecule has 0 aliphatic heterocycles. The Hall–Kier alpha value is -2.01. The molecule has 0 unspecified atom stereocenters. The number of benzene rings is 1. The lowest BCUT2D eigenvalue weighted by molar-refractivity contribution is 0.0694. The standard InChI is InChI=1S/C11H8ClNO4/c1-16-10-8(11(14)15)9(17-13-10)6-4-2-3-5-7(6)12/h2-5H,1H3,(H,14,15). The fourth-order valence-corrected chi connectivity index (χ4v) is 1.65. The Morgan fingerprint density at radius 2 is 2.18 bits per heavy atom. The third-order valence-electron chi connectivity index (χ3n) is 2.19. The number of carboxylic acid groups (broad SMARTS) is 1. The molecule has 88 valence electrons. The highest BCUT2D eigenvalue weighted by Crippen LogP contribution is 2.34. The van der Waals surface area contributed by atoms with Crippen molar-refractivity contribution in [2.75, 3.05) is 7.11 Å². The number of rotatable bonds is 3. The first-order valence-corrected chi connectivity index (χ1v) is 5.04. The molecule has 0 aliphatic carbocycles. The van der Waals surface area contributed by atoms with Gasteiger partial charge in [0.2, 0.25) is 0 Å². The molecule has 1 N–H and O–H groups in total. The summed E-state index contributed by atoms with van der Waals surface area (Å²) in [6.45, 7) is 0. The fourth-order valence-electron chi connectivity index (χ4n) is 1.43. The molecular formula is C11H8ClNO4. The van der Waals surface area contributed by atoms with Crippen LogP contribution in [0.25, 0.3) is 11.3 Å². The minimum absolute atomic E-state index is 0.0765. The average Bonchev–Trinajstić information content (AvgIpc) is 2.73. The predicted molar refractivity (Wildman–Crippen MR) is 60.5 cm³/mol. The summed E-state index contributed by atoms with van der Waals surface area (Å²) < 4.78 is 9.79. The van der Waals surface area contributed by atoms with Gasteiger partial charge in [-0.15, -0.1) is 0 Å². The first kappa shape index (κ1) is 11.5. The quantitative estimate of drug-likeness (QED) is 0.910. The number of aromatic carboxylic acids is 1. The molecule has 0 aliphatic rings. The normalized spacial score (nSPS) is 10.2. The van der Waals surface area contributed by atoms with E-state index in [2.05, 4.69) is 5.16 Å². The molecule has 5 nitrogen and oxygen atoms in total. The molecule has 1 aromatic heterocycles. The van der Waals surface area contributed by atoms with Crippen molar-refractivity contribution in [1.82, 2.24) is 5.16 Å². The molecule has 0 saturated carbocycles. The molecule has 1 heterocycles. The van der Waals surface area contributed by atoms with Crippen molar-refractivity contribution >= 4 is 17.6 Å². The fraction of sp³-hybridized carbons (Fsp3) is 0.0909. The van der Waals surface area contributed by atoms with E-state index in [0.717, 1.165) is 0 Å². The monoisotopic (exact) mass is 253 g/mol. The third kappa shape index (κ3) is 1.97. The number of halogens is 1. The lowest BCUT2D eigenvalue weighted by Gasteiger charge is -2.00. The second-order valence-electron chi connectivity index (χ2n) is 3.18. The van der Waals surface area contributed by atoms with Crippen molar-refractivity contribution in [2.45, 2.75) is 0 Å². The summed E-state index contributed by atoms with van der Waals surface area (Å²) in [7, 11) is 1.32. The molecule has 0 bridgehead atoms. The number of ether oxygens (including phenoxy) is 1. The van der Waals surface area contributed by atoms with Gasteiger partial charge >= 0.3 is 5.97 Å². The number of methoxy groups -OCH3 is 1. The summed E-state index contributed by atoms with van der Waals surface area (Å²) in [5.41, 5.74) is 0.322. The van der Waals surface area contributed by atoms with Gasteiger partial charge in [-0.1, -0.05) is 23.7 Å². The van der Waals surface area contributed by atoms with Crippen LogP contribution in [-0.4, -0.2) is 23.3 Å². The summed E-state index contributed by atoms with van der Waals surface area (Å²) in [6.07, 6.45) is 0. The maximum atomic E-state index is 11.1. The molecule has 2 rings (SSSR count). The Balaban J connectivity index is 2.64. The molecule has 2 aromatic rings. The van der Waals surface area contributed by atoms with Crippen LogP contribution in [-0.2, 0) is 0 Å². The van der Waals surface area contributed by atoms with Crippen LogP contribution in [0.2, 0.25) is 5.02 Å². The van der Waals surface area contributed by atoms with Crippen LogP contribution in [0.15, 0.2) is 28.8 Å². The molecule has 0 atom stereocenters. The van der Waals surface area contributed by atoms with E-state index in [4.69, 9.17) is 26.0 Å². The smallest absolute Gasteiger partial charge is 0.345 e. The zero-order valence-electron chi connectivity index (χ0n) is 8.81. The van der Waals surface area contributed by atoms with Gasteiger partial charge in [0.1, 0.15) is 0 Å². The van der Waals surface area contributed by atoms with Crippen LogP contribution in [0.5, 0.6) is 5.88 Å². The van der Waals surface area contributed by atoms with Crippen LogP contribution in [0, 0.1) is 0 Å². The largest absolute Gasteiger partial charge is 0.478 e. The minimum Gasteiger partial charge on any atom is -0.478 e. The van der Waals surface area contributed by atoms with Crippen LogP contribution in [0.3, 0.4) is 0 Å². The third-order valence-corrected chi connectivity index (χ3v) is 2.52. The van der Waals surface area contributed by atoms with E-state index in [-0.39, 0.29) is 17.2 Å². The molecular weight excluding hydrogens is 246 g/mol. The van der Waals surface area contributed by atoms with Gasteiger partial charge in [-0.05, 0) is 17.3 Å². The van der Waals surface area contributed by atoms with Gasteiger partial charge in [-0.3, -0.25) is 0 Å². The second-order valence-corrected chi connectivity index (χ2v) is 3.59. The van der Waals surface area contributed by atoms with Gasteiger partial charge in [-0.2, -0.15) is 0 Å². The number of carboxylic acids is 1. The molecule has 0 amide bonds. The van der Waals surface area contributed by atoms with E-state index in [0.29, 0.717) is 10.6 Å². The van der Waals surface area contributed by atoms with Gasteiger partial charge in [-0.25, -0.2) is 4.79 Å². The number of hydrogen-bond donors (Lipinski definition) is 1. The average molecular weight is 254 g/mol. The topological polar surface area (TPSA) is 72.6 Å². The highest BCUT2D eigenvalue weighted by atomic mass is 35.5. The highest BCUT2D eigenvalue weighted by Gasteiger charge is 2.25. The summed E-state index contributed by atoms with van der Waals surface area (Å²) in [6, 6.07) is 6.74. The molecule has 0 fully saturated rings. The molecule has 1 aromatic carbocycles. The van der Waals surface area contributed by atoms with Crippen molar-refractivity contribution in [3.05, 3.63) is 34.9 Å². The Morgan fingerprint density at radius 3 is 2.76 bits per heavy atom. The predicted octanol–water partition coefficient (Wildman–Crippen LogP) is 2.70. The number of aromatic nitrogens is 1. The Kier molecular flexibility index (Phi) is 3.01. The van der Waals surface area contributed by atoms with Crippen molar-refractivity contribution in [2.24, 2.45) is 0 Å². The summed E-state index contributed by atoms with van der Waals surface area (Å²) in [5.74, 6) is -1.18. The zero-order chi connectivity index (χ0) is 12.4. The van der Waals surface area contributed by atoms with Gasteiger partial charge in [0.25, 0.3) is 5.88 Å². The molecule has 0 spiro atoms. The summed E-state index contributed by atoms with van der Waals surface area (Å²) >= 11 is 5.97. The zero-order valence-corrected chi connectivity index (χ0v) is 9.56. The molecule has 6 heteroatoms. The molecule has 0 radical (unpaired) electrons. The maximum Gasteiger partial charge on any atom is 0.345 e. The SMILES string of the molecule is COc1noc(-c2ccccc2Cl)c1C(=O)O. The Labute approximate surface area is 102 Å². The van der Waals surface area contributed by atoms with Crippen molar-refractivity contribution in [3.8, 4) is 17.2 Å². The van der Waals surface area contributed by atoms with Gasteiger partial charge in [0, 0.05) is 5.56 Å². The number of hydrogen-bond acceptors (Lipinski definition) is 4. The van der Waals surface area contributed by atoms with E-state index in [1.165, 1.54) is 7.11 Å². The lowest BCUT2D eigenvalue weighted by Crippen LogP contribution is -2.00. The molecule has 0 saturated heterocycles. The van der Waals surface area contributed by atoms with Gasteiger partial charge in [0.05, 0.1) is 12.1 Å². The van der Waals surface area contributed by atoms with E-state index >= 15 is 0 Å². The molecule has 17 heavy (non-hydrogen) atoms.